The van der Waals surface area contributed by atoms with E-state index < -0.39 is 32.7 Å². The van der Waals surface area contributed by atoms with Crippen molar-refractivity contribution in [2.75, 3.05) is 11.5 Å². The Balaban J connectivity index is 2.18. The number of nitrogens with zero attached hydrogens (tertiary/aromatic N) is 1. The topological polar surface area (TPSA) is 64.1 Å². The zero-order valence-electron chi connectivity index (χ0n) is 8.90. The highest BCUT2D eigenvalue weighted by Gasteiger charge is 2.38. The quantitative estimate of drug-likeness (QED) is 0.781. The Morgan fingerprint density at radius 3 is 2.56 bits per heavy atom. The van der Waals surface area contributed by atoms with Crippen LogP contribution >= 0.6 is 11.3 Å². The van der Waals surface area contributed by atoms with Crippen molar-refractivity contribution >= 4 is 27.0 Å². The lowest BCUT2D eigenvalue weighted by molar-refractivity contribution is -0.137. The molecule has 100 valence electrons. The van der Waals surface area contributed by atoms with Crippen LogP contribution < -0.4 is 0 Å². The third-order valence-electron chi connectivity index (χ3n) is 2.59. The molecule has 1 aromatic rings. The average Bonchev–Trinajstić information content (AvgIpc) is 2.82. The van der Waals surface area contributed by atoms with Crippen molar-refractivity contribution < 1.29 is 26.4 Å². The van der Waals surface area contributed by atoms with Crippen molar-refractivity contribution in [3.8, 4) is 0 Å². The van der Waals surface area contributed by atoms with Crippen LogP contribution in [0.2, 0.25) is 0 Å². The Bertz CT molecular complexity index is 576. The summed E-state index contributed by atoms with van der Waals surface area (Å²) >= 11 is 0.254. The molecule has 2 rings (SSSR count). The summed E-state index contributed by atoms with van der Waals surface area (Å²) in [5, 5.41) is -1.09. The Labute approximate surface area is 105 Å². The second kappa shape index (κ2) is 4.30. The van der Waals surface area contributed by atoms with Crippen molar-refractivity contribution in [3.05, 3.63) is 16.1 Å². The van der Waals surface area contributed by atoms with E-state index in [0.717, 1.165) is 6.20 Å². The zero-order chi connectivity index (χ0) is 13.6. The van der Waals surface area contributed by atoms with Gasteiger partial charge in [-0.05, 0) is 6.42 Å². The molecular weight excluding hydrogens is 291 g/mol. The Hall–Kier alpha value is -0.960. The second-order valence-corrected chi connectivity index (χ2v) is 7.25. The predicted molar refractivity (Wildman–Crippen MR) is 58.2 cm³/mol. The van der Waals surface area contributed by atoms with Gasteiger partial charge in [0.15, 0.2) is 20.6 Å². The van der Waals surface area contributed by atoms with E-state index in [9.17, 15) is 26.4 Å². The van der Waals surface area contributed by atoms with Gasteiger partial charge in [-0.1, -0.05) is 0 Å². The first-order valence-corrected chi connectivity index (χ1v) is 7.60. The third-order valence-corrected chi connectivity index (χ3v) is 5.42. The van der Waals surface area contributed by atoms with E-state index in [-0.39, 0.29) is 34.1 Å². The van der Waals surface area contributed by atoms with Crippen LogP contribution in [-0.2, 0) is 16.0 Å². The Kier molecular flexibility index (Phi) is 3.22. The van der Waals surface area contributed by atoms with Crippen molar-refractivity contribution in [2.45, 2.75) is 12.6 Å². The summed E-state index contributed by atoms with van der Waals surface area (Å²) in [5.41, 5.74) is 0. The fourth-order valence-electron chi connectivity index (χ4n) is 1.72. The number of alkyl halides is 3. The molecule has 1 aromatic heterocycles. The standard InChI is InChI=1S/C9H8F3NO3S2/c10-9(11,12)8-13-3-6(17-8)7(14)5-1-2-18(15,16)4-5/h3,5H,1-2,4H2. The van der Waals surface area contributed by atoms with E-state index in [1.165, 1.54) is 0 Å². The van der Waals surface area contributed by atoms with Crippen LogP contribution in [0.15, 0.2) is 6.20 Å². The van der Waals surface area contributed by atoms with Crippen molar-refractivity contribution in [1.29, 1.82) is 0 Å². The third kappa shape index (κ3) is 2.72. The molecule has 0 saturated carbocycles. The molecule has 18 heavy (non-hydrogen) atoms. The molecule has 0 N–H and O–H groups in total. The summed E-state index contributed by atoms with van der Waals surface area (Å²) in [6, 6.07) is 0. The van der Waals surface area contributed by atoms with Gasteiger partial charge in [0.1, 0.15) is 0 Å². The van der Waals surface area contributed by atoms with Crippen LogP contribution in [-0.4, -0.2) is 30.7 Å². The summed E-state index contributed by atoms with van der Waals surface area (Å²) < 4.78 is 59.3. The van der Waals surface area contributed by atoms with Crippen LogP contribution in [0.25, 0.3) is 0 Å². The molecule has 0 aliphatic carbocycles. The van der Waals surface area contributed by atoms with Gasteiger partial charge in [0, 0.05) is 12.1 Å². The first-order chi connectivity index (χ1) is 8.19. The lowest BCUT2D eigenvalue weighted by Crippen LogP contribution is -2.15. The number of hydrogen-bond donors (Lipinski definition) is 0. The number of carbonyl (C=O) groups is 1. The normalized spacial score (nSPS) is 23.2. The van der Waals surface area contributed by atoms with E-state index in [1.807, 2.05) is 0 Å². The number of sulfone groups is 1. The average molecular weight is 299 g/mol. The van der Waals surface area contributed by atoms with E-state index in [0.29, 0.717) is 0 Å². The van der Waals surface area contributed by atoms with Crippen molar-refractivity contribution in [1.82, 2.24) is 4.98 Å². The maximum Gasteiger partial charge on any atom is 0.443 e. The Morgan fingerprint density at radius 2 is 2.11 bits per heavy atom. The van der Waals surface area contributed by atoms with Gasteiger partial charge in [0.2, 0.25) is 0 Å². The van der Waals surface area contributed by atoms with E-state index in [2.05, 4.69) is 4.98 Å². The molecule has 0 amide bonds. The first-order valence-electron chi connectivity index (χ1n) is 4.97. The number of aromatic nitrogens is 1. The minimum Gasteiger partial charge on any atom is -0.293 e. The molecular formula is C9H8F3NO3S2. The number of hydrogen-bond acceptors (Lipinski definition) is 5. The minimum atomic E-state index is -4.58. The van der Waals surface area contributed by atoms with Crippen LogP contribution in [0.5, 0.6) is 0 Å². The molecule has 0 aromatic carbocycles. The Morgan fingerprint density at radius 1 is 1.44 bits per heavy atom. The molecule has 2 heterocycles. The molecule has 4 nitrogen and oxygen atoms in total. The highest BCUT2D eigenvalue weighted by molar-refractivity contribution is 7.91. The van der Waals surface area contributed by atoms with E-state index in [4.69, 9.17) is 0 Å². The number of Topliss-reactive ketones (excluding diaryl/α,β-unsaturated/α-hetero) is 1. The van der Waals surface area contributed by atoms with Gasteiger partial charge in [0.25, 0.3) is 0 Å². The molecule has 1 aliphatic rings. The molecule has 0 radical (unpaired) electrons. The van der Waals surface area contributed by atoms with Crippen LogP contribution in [0.4, 0.5) is 13.2 Å². The molecule has 1 saturated heterocycles. The highest BCUT2D eigenvalue weighted by Crippen LogP contribution is 2.34. The molecule has 0 bridgehead atoms. The number of rotatable bonds is 2. The summed E-state index contributed by atoms with van der Waals surface area (Å²) in [7, 11) is -3.23. The molecule has 9 heteroatoms. The molecule has 1 atom stereocenters. The SMILES string of the molecule is O=C(c1cnc(C(F)(F)F)s1)C1CCS(=O)(=O)C1. The fraction of sp³-hybridized carbons (Fsp3) is 0.556. The van der Waals surface area contributed by atoms with Gasteiger partial charge >= 0.3 is 6.18 Å². The molecule has 0 spiro atoms. The van der Waals surface area contributed by atoms with Gasteiger partial charge in [-0.15, -0.1) is 11.3 Å². The monoisotopic (exact) mass is 299 g/mol. The lowest BCUT2D eigenvalue weighted by atomic mass is 10.0. The minimum absolute atomic E-state index is 0.0889. The molecule has 1 aliphatic heterocycles. The molecule has 1 fully saturated rings. The zero-order valence-corrected chi connectivity index (χ0v) is 10.5. The van der Waals surface area contributed by atoms with Gasteiger partial charge < -0.3 is 0 Å². The summed E-state index contributed by atoms with van der Waals surface area (Å²) in [4.78, 5) is 14.8. The van der Waals surface area contributed by atoms with Gasteiger partial charge in [-0.3, -0.25) is 4.79 Å². The molecule has 1 unspecified atom stereocenters. The van der Waals surface area contributed by atoms with Crippen molar-refractivity contribution in [2.24, 2.45) is 5.92 Å². The van der Waals surface area contributed by atoms with Gasteiger partial charge in [0.05, 0.1) is 16.4 Å². The van der Waals surface area contributed by atoms with Crippen LogP contribution in [0.3, 0.4) is 0 Å². The smallest absolute Gasteiger partial charge is 0.293 e. The number of carbonyl (C=O) groups excluding carboxylic acids is 1. The van der Waals surface area contributed by atoms with E-state index in [1.54, 1.807) is 0 Å². The van der Waals surface area contributed by atoms with Crippen molar-refractivity contribution in [3.63, 3.8) is 0 Å². The maximum absolute atomic E-state index is 12.3. The van der Waals surface area contributed by atoms with E-state index >= 15 is 0 Å². The van der Waals surface area contributed by atoms with Gasteiger partial charge in [-0.25, -0.2) is 13.4 Å². The first kappa shape index (κ1) is 13.5. The largest absolute Gasteiger partial charge is 0.443 e. The maximum atomic E-state index is 12.3. The number of ketones is 1. The van der Waals surface area contributed by atoms with Gasteiger partial charge in [-0.2, -0.15) is 13.2 Å². The second-order valence-electron chi connectivity index (χ2n) is 3.99. The summed E-state index contributed by atoms with van der Waals surface area (Å²) in [5.74, 6) is -1.68. The summed E-state index contributed by atoms with van der Waals surface area (Å²) in [6.45, 7) is 0. The fourth-order valence-corrected chi connectivity index (χ4v) is 4.27. The lowest BCUT2D eigenvalue weighted by Gasteiger charge is -2.03. The predicted octanol–water partition coefficient (Wildman–Crippen LogP) is 1.78. The number of halogens is 3. The number of thiazole rings is 1. The van der Waals surface area contributed by atoms with Crippen LogP contribution in [0.1, 0.15) is 21.1 Å². The highest BCUT2D eigenvalue weighted by atomic mass is 32.2. The summed E-state index contributed by atoms with van der Waals surface area (Å²) in [6.07, 6.45) is -3.55. The van der Waals surface area contributed by atoms with Crippen LogP contribution in [0, 0.1) is 5.92 Å².